The van der Waals surface area contributed by atoms with Gasteiger partial charge in [0.2, 0.25) is 10.0 Å². The summed E-state index contributed by atoms with van der Waals surface area (Å²) in [5.74, 6) is -0.0788. The first-order chi connectivity index (χ1) is 9.80. The van der Waals surface area contributed by atoms with Gasteiger partial charge in [0, 0.05) is 25.7 Å². The van der Waals surface area contributed by atoms with E-state index in [2.05, 4.69) is 10.3 Å². The minimum atomic E-state index is -3.54. The van der Waals surface area contributed by atoms with Gasteiger partial charge in [0.15, 0.2) is 0 Å². The van der Waals surface area contributed by atoms with Gasteiger partial charge < -0.3 is 5.32 Å². The standard InChI is InChI=1S/C12H12ClN3O3S2/c1-16(2)21(18,19)9-5-10(20-7-9)12(17)15-11-4-3-8(13)6-14-11/h3-7H,1-2H3,(H,14,15,17). The van der Waals surface area contributed by atoms with Gasteiger partial charge in [-0.05, 0) is 18.2 Å². The van der Waals surface area contributed by atoms with Crippen LogP contribution < -0.4 is 5.32 Å². The molecule has 0 atom stereocenters. The highest BCUT2D eigenvalue weighted by molar-refractivity contribution is 7.89. The first kappa shape index (κ1) is 15.9. The molecule has 2 aromatic heterocycles. The lowest BCUT2D eigenvalue weighted by molar-refractivity contribution is 0.103. The van der Waals surface area contributed by atoms with E-state index in [1.807, 2.05) is 0 Å². The molecule has 2 aromatic rings. The van der Waals surface area contributed by atoms with Crippen molar-refractivity contribution in [3.8, 4) is 0 Å². The Labute approximate surface area is 131 Å². The maximum absolute atomic E-state index is 12.0. The zero-order valence-electron chi connectivity index (χ0n) is 11.2. The molecule has 0 bridgehead atoms. The van der Waals surface area contributed by atoms with Crippen LogP contribution in [0.1, 0.15) is 9.67 Å². The third kappa shape index (κ3) is 3.59. The number of hydrogen-bond acceptors (Lipinski definition) is 5. The molecule has 2 rings (SSSR count). The molecular formula is C12H12ClN3O3S2. The number of carbonyl (C=O) groups is 1. The summed E-state index contributed by atoms with van der Waals surface area (Å²) in [6, 6.07) is 4.50. The molecule has 0 spiro atoms. The van der Waals surface area contributed by atoms with Crippen LogP contribution in [0.25, 0.3) is 0 Å². The molecule has 0 saturated heterocycles. The SMILES string of the molecule is CN(C)S(=O)(=O)c1csc(C(=O)Nc2ccc(Cl)cn2)c1. The van der Waals surface area contributed by atoms with Crippen LogP contribution >= 0.6 is 22.9 Å². The Balaban J connectivity index is 2.18. The zero-order valence-corrected chi connectivity index (χ0v) is 13.6. The summed E-state index contributed by atoms with van der Waals surface area (Å²) in [4.78, 5) is 16.3. The van der Waals surface area contributed by atoms with E-state index in [0.29, 0.717) is 10.8 Å². The molecule has 0 aliphatic rings. The average Bonchev–Trinajstić information content (AvgIpc) is 2.91. The highest BCUT2D eigenvalue weighted by Crippen LogP contribution is 2.22. The first-order valence-corrected chi connectivity index (χ1v) is 8.44. The molecule has 0 saturated carbocycles. The number of aromatic nitrogens is 1. The smallest absolute Gasteiger partial charge is 0.266 e. The maximum Gasteiger partial charge on any atom is 0.266 e. The predicted octanol–water partition coefficient (Wildman–Crippen LogP) is 2.30. The van der Waals surface area contributed by atoms with Crippen LogP contribution in [0, 0.1) is 0 Å². The minimum absolute atomic E-state index is 0.0896. The van der Waals surface area contributed by atoms with Crippen molar-refractivity contribution >= 4 is 44.7 Å². The molecule has 9 heteroatoms. The van der Waals surface area contributed by atoms with E-state index in [1.165, 1.54) is 31.7 Å². The molecule has 112 valence electrons. The van der Waals surface area contributed by atoms with Crippen LogP contribution in [-0.4, -0.2) is 37.7 Å². The molecule has 21 heavy (non-hydrogen) atoms. The van der Waals surface area contributed by atoms with Crippen molar-refractivity contribution in [2.45, 2.75) is 4.90 Å². The second-order valence-electron chi connectivity index (χ2n) is 4.25. The minimum Gasteiger partial charge on any atom is -0.306 e. The van der Waals surface area contributed by atoms with Gasteiger partial charge in [0.1, 0.15) is 5.82 Å². The molecule has 0 aliphatic carbocycles. The molecule has 2 heterocycles. The summed E-state index contributed by atoms with van der Waals surface area (Å²) in [5.41, 5.74) is 0. The molecule has 0 unspecified atom stereocenters. The van der Waals surface area contributed by atoms with E-state index in [-0.39, 0.29) is 9.77 Å². The van der Waals surface area contributed by atoms with Crippen molar-refractivity contribution in [3.05, 3.63) is 39.7 Å². The molecule has 6 nitrogen and oxygen atoms in total. The van der Waals surface area contributed by atoms with Crippen LogP contribution in [0.2, 0.25) is 5.02 Å². The first-order valence-electron chi connectivity index (χ1n) is 5.74. The van der Waals surface area contributed by atoms with Crippen molar-refractivity contribution in [3.63, 3.8) is 0 Å². The summed E-state index contributed by atoms with van der Waals surface area (Å²) in [7, 11) is -0.668. The number of rotatable bonds is 4. The summed E-state index contributed by atoms with van der Waals surface area (Å²) < 4.78 is 25.0. The lowest BCUT2D eigenvalue weighted by Gasteiger charge is -2.08. The van der Waals surface area contributed by atoms with Crippen molar-refractivity contribution in [1.29, 1.82) is 0 Å². The van der Waals surface area contributed by atoms with E-state index >= 15 is 0 Å². The molecule has 0 aliphatic heterocycles. The number of thiophene rings is 1. The number of carbonyl (C=O) groups excluding carboxylic acids is 1. The van der Waals surface area contributed by atoms with E-state index < -0.39 is 15.9 Å². The quantitative estimate of drug-likeness (QED) is 0.922. The molecule has 0 aromatic carbocycles. The van der Waals surface area contributed by atoms with E-state index in [1.54, 1.807) is 12.1 Å². The normalized spacial score (nSPS) is 11.6. The van der Waals surface area contributed by atoms with Gasteiger partial charge in [-0.1, -0.05) is 11.6 Å². The summed E-state index contributed by atoms with van der Waals surface area (Å²) >= 11 is 6.76. The highest BCUT2D eigenvalue weighted by Gasteiger charge is 2.21. The highest BCUT2D eigenvalue weighted by atomic mass is 35.5. The van der Waals surface area contributed by atoms with Gasteiger partial charge in [-0.3, -0.25) is 4.79 Å². The van der Waals surface area contributed by atoms with Gasteiger partial charge in [0.05, 0.1) is 14.8 Å². The zero-order chi connectivity index (χ0) is 15.6. The fraction of sp³-hybridized carbons (Fsp3) is 0.167. The van der Waals surface area contributed by atoms with Crippen molar-refractivity contribution in [2.75, 3.05) is 19.4 Å². The number of anilines is 1. The van der Waals surface area contributed by atoms with Gasteiger partial charge in [-0.15, -0.1) is 11.3 Å². The number of hydrogen-bond donors (Lipinski definition) is 1. The number of amides is 1. The Kier molecular flexibility index (Phi) is 4.62. The Morgan fingerprint density at radius 3 is 2.67 bits per heavy atom. The van der Waals surface area contributed by atoms with Crippen LogP contribution in [0.3, 0.4) is 0 Å². The average molecular weight is 346 g/mol. The summed E-state index contributed by atoms with van der Waals surface area (Å²) in [6.45, 7) is 0. The number of nitrogens with zero attached hydrogens (tertiary/aromatic N) is 2. The molecular weight excluding hydrogens is 334 g/mol. The molecule has 0 fully saturated rings. The lowest BCUT2D eigenvalue weighted by Crippen LogP contribution is -2.21. The lowest BCUT2D eigenvalue weighted by atomic mass is 10.4. The Hall–Kier alpha value is -1.48. The maximum atomic E-state index is 12.0. The number of halogens is 1. The Morgan fingerprint density at radius 1 is 1.38 bits per heavy atom. The summed E-state index contributed by atoms with van der Waals surface area (Å²) in [5, 5.41) is 4.46. The van der Waals surface area contributed by atoms with Crippen molar-refractivity contribution < 1.29 is 13.2 Å². The van der Waals surface area contributed by atoms with E-state index in [0.717, 1.165) is 15.6 Å². The predicted molar refractivity (Wildman–Crippen MR) is 82.4 cm³/mol. The van der Waals surface area contributed by atoms with Crippen molar-refractivity contribution in [1.82, 2.24) is 9.29 Å². The van der Waals surface area contributed by atoms with Gasteiger partial charge in [0.25, 0.3) is 5.91 Å². The fourth-order valence-corrected chi connectivity index (χ4v) is 3.58. The molecule has 1 N–H and O–H groups in total. The number of pyridine rings is 1. The van der Waals surface area contributed by atoms with Crippen LogP contribution in [0.5, 0.6) is 0 Å². The fourth-order valence-electron chi connectivity index (χ4n) is 1.41. The Morgan fingerprint density at radius 2 is 2.10 bits per heavy atom. The van der Waals surface area contributed by atoms with Crippen molar-refractivity contribution in [2.24, 2.45) is 0 Å². The van der Waals surface area contributed by atoms with Gasteiger partial charge in [-0.25, -0.2) is 17.7 Å². The Bertz CT molecular complexity index is 754. The third-order valence-electron chi connectivity index (χ3n) is 2.55. The second kappa shape index (κ2) is 6.10. The molecule has 1 amide bonds. The van der Waals surface area contributed by atoms with Crippen LogP contribution in [0.4, 0.5) is 5.82 Å². The number of sulfonamides is 1. The topological polar surface area (TPSA) is 79.4 Å². The number of nitrogens with one attached hydrogen (secondary N) is 1. The van der Waals surface area contributed by atoms with Gasteiger partial charge in [-0.2, -0.15) is 0 Å². The largest absolute Gasteiger partial charge is 0.306 e. The molecule has 0 radical (unpaired) electrons. The van der Waals surface area contributed by atoms with Crippen LogP contribution in [0.15, 0.2) is 34.7 Å². The van der Waals surface area contributed by atoms with E-state index in [4.69, 9.17) is 11.6 Å². The second-order valence-corrected chi connectivity index (χ2v) is 7.75. The van der Waals surface area contributed by atoms with Crippen LogP contribution in [-0.2, 0) is 10.0 Å². The van der Waals surface area contributed by atoms with E-state index in [9.17, 15) is 13.2 Å². The third-order valence-corrected chi connectivity index (χ3v) is 5.64. The van der Waals surface area contributed by atoms with Gasteiger partial charge >= 0.3 is 0 Å². The monoisotopic (exact) mass is 345 g/mol. The summed E-state index contributed by atoms with van der Waals surface area (Å²) in [6.07, 6.45) is 1.41.